The van der Waals surface area contributed by atoms with Crippen molar-refractivity contribution in [3.63, 3.8) is 0 Å². The molecule has 0 aliphatic carbocycles. The largest absolute Gasteiger partial charge is 0.359 e. The second-order valence-corrected chi connectivity index (χ2v) is 2.56. The molecule has 1 aromatic rings. The molecule has 0 atom stereocenters. The molecule has 0 aromatic carbocycles. The first-order chi connectivity index (χ1) is 5.54. The maximum Gasteiger partial charge on any atom is 0.301 e. The topological polar surface area (TPSA) is 73.3 Å². The minimum Gasteiger partial charge on any atom is -0.359 e. The van der Waals surface area contributed by atoms with Crippen LogP contribution >= 0.6 is 0 Å². The second kappa shape index (κ2) is 2.80. The average Bonchev–Trinajstić information content (AvgIpc) is 2.30. The van der Waals surface area contributed by atoms with Crippen molar-refractivity contribution in [2.75, 3.05) is 14.1 Å². The summed E-state index contributed by atoms with van der Waals surface area (Å²) in [6.07, 6.45) is 0. The molecule has 0 radical (unpaired) electrons. The fraction of sp³-hybridized carbons (Fsp3) is 0.500. The molecule has 66 valence electrons. The maximum atomic E-state index is 11.3. The van der Waals surface area contributed by atoms with Gasteiger partial charge in [-0.2, -0.15) is 0 Å². The van der Waals surface area contributed by atoms with Crippen molar-refractivity contribution < 1.29 is 14.3 Å². The highest BCUT2D eigenvalue weighted by atomic mass is 16.8. The molecular weight excluding hydrogens is 162 g/mol. The van der Waals surface area contributed by atoms with E-state index in [2.05, 4.69) is 9.79 Å². The number of hydrogen-bond acceptors (Lipinski definition) is 4. The third-order valence-corrected chi connectivity index (χ3v) is 1.39. The molecule has 12 heavy (non-hydrogen) atoms. The van der Waals surface area contributed by atoms with Gasteiger partial charge in [0.2, 0.25) is 5.69 Å². The van der Waals surface area contributed by atoms with Gasteiger partial charge in [0.15, 0.2) is 0 Å². The van der Waals surface area contributed by atoms with Crippen LogP contribution in [0.1, 0.15) is 16.2 Å². The van der Waals surface area contributed by atoms with E-state index in [1.807, 2.05) is 0 Å². The summed E-state index contributed by atoms with van der Waals surface area (Å²) in [7, 11) is 3.10. The lowest BCUT2D eigenvalue weighted by molar-refractivity contribution is -0.803. The maximum absolute atomic E-state index is 11.3. The van der Waals surface area contributed by atoms with Gasteiger partial charge in [-0.1, -0.05) is 0 Å². The predicted molar refractivity (Wildman–Crippen MR) is 38.2 cm³/mol. The highest BCUT2D eigenvalue weighted by Gasteiger charge is 2.24. The Morgan fingerprint density at radius 3 is 2.58 bits per heavy atom. The van der Waals surface area contributed by atoms with E-state index < -0.39 is 5.91 Å². The highest BCUT2D eigenvalue weighted by molar-refractivity contribution is 5.91. The summed E-state index contributed by atoms with van der Waals surface area (Å²) >= 11 is 0. The van der Waals surface area contributed by atoms with Crippen molar-refractivity contribution in [2.45, 2.75) is 6.92 Å². The van der Waals surface area contributed by atoms with Crippen LogP contribution in [-0.2, 0) is 0 Å². The number of amides is 1. The first kappa shape index (κ1) is 8.51. The third kappa shape index (κ3) is 1.23. The molecule has 0 fully saturated rings. The molecule has 1 rings (SSSR count). The molecule has 0 aliphatic rings. The molecule has 6 heteroatoms. The summed E-state index contributed by atoms with van der Waals surface area (Å²) in [6.45, 7) is 1.54. The van der Waals surface area contributed by atoms with E-state index in [4.69, 9.17) is 0 Å². The summed E-state index contributed by atoms with van der Waals surface area (Å²) in [5.41, 5.74) is 0.226. The van der Waals surface area contributed by atoms with Gasteiger partial charge >= 0.3 is 5.91 Å². The Kier molecular flexibility index (Phi) is 1.99. The Hall–Kier alpha value is -1.59. The van der Waals surface area contributed by atoms with E-state index in [0.717, 1.165) is 0 Å². The van der Waals surface area contributed by atoms with Gasteiger partial charge in [0, 0.05) is 26.2 Å². The number of nitrogens with zero attached hydrogens (tertiary/aromatic N) is 3. The van der Waals surface area contributed by atoms with E-state index in [9.17, 15) is 10.0 Å². The van der Waals surface area contributed by atoms with Gasteiger partial charge in [-0.05, 0) is 4.90 Å². The molecule has 6 nitrogen and oxygen atoms in total. The molecule has 0 unspecified atom stereocenters. The zero-order valence-electron chi connectivity index (χ0n) is 7.07. The second-order valence-electron chi connectivity index (χ2n) is 2.56. The molecule has 0 bridgehead atoms. The lowest BCUT2D eigenvalue weighted by Crippen LogP contribution is -2.37. The van der Waals surface area contributed by atoms with Gasteiger partial charge in [-0.15, -0.1) is 0 Å². The zero-order chi connectivity index (χ0) is 9.30. The first-order valence-electron chi connectivity index (χ1n) is 3.32. The van der Waals surface area contributed by atoms with Crippen LogP contribution in [0.4, 0.5) is 0 Å². The van der Waals surface area contributed by atoms with Crippen LogP contribution in [0.25, 0.3) is 0 Å². The van der Waals surface area contributed by atoms with Crippen LogP contribution in [0.5, 0.6) is 0 Å². The van der Waals surface area contributed by atoms with Gasteiger partial charge < -0.3 is 10.1 Å². The van der Waals surface area contributed by atoms with Crippen molar-refractivity contribution in [3.8, 4) is 0 Å². The Bertz CT molecular complexity index is 285. The summed E-state index contributed by atoms with van der Waals surface area (Å²) in [5, 5.41) is 14.2. The molecule has 0 spiro atoms. The molecular formula is C6H9N3O3. The molecule has 1 aromatic heterocycles. The summed E-state index contributed by atoms with van der Waals surface area (Å²) in [4.78, 5) is 12.6. The van der Waals surface area contributed by atoms with E-state index in [1.54, 1.807) is 14.1 Å². The van der Waals surface area contributed by atoms with Crippen molar-refractivity contribution in [1.82, 2.24) is 10.1 Å². The SMILES string of the molecule is Cc1no[n+]([O-])c1C(=O)N(C)C. The fourth-order valence-electron chi connectivity index (χ4n) is 0.759. The van der Waals surface area contributed by atoms with Gasteiger partial charge in [0.25, 0.3) is 5.69 Å². The van der Waals surface area contributed by atoms with Crippen LogP contribution in [-0.4, -0.2) is 30.1 Å². The molecule has 0 saturated carbocycles. The Morgan fingerprint density at radius 1 is 1.67 bits per heavy atom. The minimum absolute atomic E-state index is 0.0694. The highest BCUT2D eigenvalue weighted by Crippen LogP contribution is 2.00. The minimum atomic E-state index is -0.413. The standard InChI is InChI=1S/C6H9N3O3/c1-4-5(6(10)8(2)3)9(11)12-7-4/h1-3H3. The number of hydrogen-bond donors (Lipinski definition) is 0. The van der Waals surface area contributed by atoms with E-state index >= 15 is 0 Å². The van der Waals surface area contributed by atoms with Crippen molar-refractivity contribution in [2.24, 2.45) is 0 Å². The van der Waals surface area contributed by atoms with Gasteiger partial charge in [-0.3, -0.25) is 9.42 Å². The summed E-state index contributed by atoms with van der Waals surface area (Å²) < 4.78 is 4.23. The zero-order valence-corrected chi connectivity index (χ0v) is 7.07. The number of aromatic nitrogens is 2. The lowest BCUT2D eigenvalue weighted by atomic mass is 10.3. The predicted octanol–water partition coefficient (Wildman–Crippen LogP) is -0.682. The summed E-state index contributed by atoms with van der Waals surface area (Å²) in [5.74, 6) is -0.413. The first-order valence-corrected chi connectivity index (χ1v) is 3.32. The van der Waals surface area contributed by atoms with E-state index in [1.165, 1.54) is 11.8 Å². The Morgan fingerprint density at radius 2 is 2.25 bits per heavy atom. The molecule has 1 heterocycles. The monoisotopic (exact) mass is 171 g/mol. The van der Waals surface area contributed by atoms with Crippen LogP contribution in [0.2, 0.25) is 0 Å². The lowest BCUT2D eigenvalue weighted by Gasteiger charge is -2.06. The quantitative estimate of drug-likeness (QED) is 0.524. The number of rotatable bonds is 1. The van der Waals surface area contributed by atoms with E-state index in [0.29, 0.717) is 5.69 Å². The molecule has 1 amide bonds. The van der Waals surface area contributed by atoms with E-state index in [-0.39, 0.29) is 10.6 Å². The normalized spacial score (nSPS) is 9.92. The van der Waals surface area contributed by atoms with Crippen LogP contribution in [0.3, 0.4) is 0 Å². The molecule has 0 aliphatic heterocycles. The fourth-order valence-corrected chi connectivity index (χ4v) is 0.759. The van der Waals surface area contributed by atoms with Crippen LogP contribution < -0.4 is 4.90 Å². The van der Waals surface area contributed by atoms with Crippen LogP contribution in [0.15, 0.2) is 4.63 Å². The van der Waals surface area contributed by atoms with Crippen molar-refractivity contribution >= 4 is 5.91 Å². The van der Waals surface area contributed by atoms with Crippen molar-refractivity contribution in [1.29, 1.82) is 0 Å². The van der Waals surface area contributed by atoms with Gasteiger partial charge in [-0.25, -0.2) is 0 Å². The van der Waals surface area contributed by atoms with Crippen molar-refractivity contribution in [3.05, 3.63) is 16.6 Å². The Labute approximate surface area is 68.9 Å². The smallest absolute Gasteiger partial charge is 0.301 e. The number of aryl methyl sites for hydroxylation is 1. The average molecular weight is 171 g/mol. The number of carbonyl (C=O) groups excluding carboxylic acids is 1. The van der Waals surface area contributed by atoms with Gasteiger partial charge in [0.1, 0.15) is 0 Å². The molecule has 0 N–H and O–H groups in total. The molecule has 0 saturated heterocycles. The number of carbonyl (C=O) groups is 1. The van der Waals surface area contributed by atoms with Gasteiger partial charge in [0.05, 0.1) is 0 Å². The van der Waals surface area contributed by atoms with Crippen LogP contribution in [0, 0.1) is 12.1 Å². The summed E-state index contributed by atoms with van der Waals surface area (Å²) in [6, 6.07) is 0. The third-order valence-electron chi connectivity index (χ3n) is 1.39. The Balaban J connectivity index is 3.09.